The molecule has 1 aliphatic carbocycles. The molecular weight excluding hydrogens is 478 g/mol. The van der Waals surface area contributed by atoms with Gasteiger partial charge in [-0.2, -0.15) is 0 Å². The fraction of sp³-hybridized carbons (Fsp3) is 0.379. The van der Waals surface area contributed by atoms with Crippen molar-refractivity contribution in [1.29, 1.82) is 0 Å². The molecule has 0 spiro atoms. The molecule has 2 aliphatic rings. The minimum atomic E-state index is -0.547. The summed E-state index contributed by atoms with van der Waals surface area (Å²) in [6, 6.07) is 12.9. The molecule has 0 amide bonds. The molecule has 0 bridgehead atoms. The number of esters is 1. The molecule has 0 saturated carbocycles. The highest BCUT2D eigenvalue weighted by molar-refractivity contribution is 6.32. The highest BCUT2D eigenvalue weighted by atomic mass is 35.5. The van der Waals surface area contributed by atoms with E-state index in [1.807, 2.05) is 37.3 Å². The molecule has 0 aromatic heterocycles. The monoisotopic (exact) mass is 509 g/mol. The molecule has 0 saturated heterocycles. The number of hydrogen-bond donors (Lipinski definition) is 1. The number of para-hydroxylation sites is 1. The molecule has 2 aromatic rings. The zero-order valence-corrected chi connectivity index (χ0v) is 22.1. The summed E-state index contributed by atoms with van der Waals surface area (Å²) in [5.41, 5.74) is 4.07. The molecule has 7 heteroatoms. The third-order valence-electron chi connectivity index (χ3n) is 6.59. The fourth-order valence-electron chi connectivity index (χ4n) is 5.06. The van der Waals surface area contributed by atoms with Crippen molar-refractivity contribution in [3.63, 3.8) is 0 Å². The van der Waals surface area contributed by atoms with Gasteiger partial charge in [-0.15, -0.1) is 0 Å². The van der Waals surface area contributed by atoms with Crippen LogP contribution in [0.4, 0.5) is 0 Å². The van der Waals surface area contributed by atoms with Crippen LogP contribution in [0, 0.1) is 5.41 Å². The highest BCUT2D eigenvalue weighted by Crippen LogP contribution is 2.47. The van der Waals surface area contributed by atoms with E-state index in [9.17, 15) is 9.59 Å². The molecule has 0 fully saturated rings. The molecule has 1 N–H and O–H groups in total. The van der Waals surface area contributed by atoms with Crippen LogP contribution in [0.2, 0.25) is 5.02 Å². The first kappa shape index (κ1) is 25.8. The van der Waals surface area contributed by atoms with Gasteiger partial charge in [-0.3, -0.25) is 4.79 Å². The Hall–Kier alpha value is -3.25. The van der Waals surface area contributed by atoms with Crippen LogP contribution < -0.4 is 14.8 Å². The van der Waals surface area contributed by atoms with E-state index >= 15 is 0 Å². The molecule has 2 aromatic carbocycles. The average Bonchev–Trinajstić information content (AvgIpc) is 2.81. The maximum atomic E-state index is 13.5. The van der Waals surface area contributed by atoms with E-state index in [-0.39, 0.29) is 24.4 Å². The molecule has 0 unspecified atom stereocenters. The summed E-state index contributed by atoms with van der Waals surface area (Å²) in [7, 11) is 1.60. The van der Waals surface area contributed by atoms with Crippen molar-refractivity contribution in [3.05, 3.63) is 81.2 Å². The number of Topliss-reactive ketones (excluding diaryl/α,β-unsaturated/α-hetero) is 1. The number of carbonyl (C=O) groups excluding carboxylic acids is 2. The Morgan fingerprint density at radius 1 is 1.14 bits per heavy atom. The zero-order valence-electron chi connectivity index (χ0n) is 21.4. The molecule has 6 nitrogen and oxygen atoms in total. The number of methoxy groups -OCH3 is 1. The topological polar surface area (TPSA) is 73.9 Å². The number of ether oxygens (including phenoxy) is 3. The standard InChI is InChI=1S/C29H32ClNO5/c1-6-35-28(33)25-17(2)31-21-14-29(3,4)15-22(32)27(21)26(25)18-11-12-23(34-5)19(13-18)16-36-24-10-8-7-9-20(24)30/h7-13,26,31H,6,14-16H2,1-5H3/t26-/m0/s1. The van der Waals surface area contributed by atoms with Crippen molar-refractivity contribution in [2.24, 2.45) is 5.41 Å². The van der Waals surface area contributed by atoms with Crippen LogP contribution in [-0.4, -0.2) is 25.5 Å². The number of hydrogen-bond acceptors (Lipinski definition) is 6. The normalized spacial score (nSPS) is 18.9. The van der Waals surface area contributed by atoms with Crippen molar-refractivity contribution in [2.45, 2.75) is 53.1 Å². The van der Waals surface area contributed by atoms with Crippen LogP contribution in [0.15, 0.2) is 65.0 Å². The third kappa shape index (κ3) is 5.14. The maximum Gasteiger partial charge on any atom is 0.336 e. The summed E-state index contributed by atoms with van der Waals surface area (Å²) in [5, 5.41) is 3.87. The first-order valence-electron chi connectivity index (χ1n) is 12.1. The Morgan fingerprint density at radius 2 is 1.89 bits per heavy atom. The first-order valence-corrected chi connectivity index (χ1v) is 12.5. The number of carbonyl (C=O) groups is 2. The quantitative estimate of drug-likeness (QED) is 0.455. The Balaban J connectivity index is 1.80. The van der Waals surface area contributed by atoms with E-state index in [1.54, 1.807) is 26.2 Å². The van der Waals surface area contributed by atoms with Crippen LogP contribution in [0.25, 0.3) is 0 Å². The van der Waals surface area contributed by atoms with Gasteiger partial charge in [-0.05, 0) is 55.5 Å². The molecule has 190 valence electrons. The SMILES string of the molecule is CCOC(=O)C1=C(C)NC2=C(C(=O)CC(C)(C)C2)[C@H]1c1ccc(OC)c(COc2ccccc2Cl)c1. The van der Waals surface area contributed by atoms with Crippen molar-refractivity contribution in [2.75, 3.05) is 13.7 Å². The molecular formula is C29H32ClNO5. The van der Waals surface area contributed by atoms with Gasteiger partial charge in [0.25, 0.3) is 0 Å². The first-order chi connectivity index (χ1) is 17.1. The van der Waals surface area contributed by atoms with Gasteiger partial charge in [0, 0.05) is 34.9 Å². The number of nitrogens with one attached hydrogen (secondary N) is 1. The average molecular weight is 510 g/mol. The zero-order chi connectivity index (χ0) is 26.0. The lowest BCUT2D eigenvalue weighted by Gasteiger charge is -2.39. The van der Waals surface area contributed by atoms with Crippen molar-refractivity contribution in [1.82, 2.24) is 5.32 Å². The number of benzene rings is 2. The second-order valence-electron chi connectivity index (χ2n) is 9.94. The number of allylic oxidation sites excluding steroid dienone is 3. The van der Waals surface area contributed by atoms with Gasteiger partial charge in [0.2, 0.25) is 0 Å². The van der Waals surface area contributed by atoms with Crippen LogP contribution in [0.1, 0.15) is 57.6 Å². The van der Waals surface area contributed by atoms with Gasteiger partial charge in [-0.1, -0.05) is 43.6 Å². The Bertz CT molecular complexity index is 1260. The van der Waals surface area contributed by atoms with Crippen molar-refractivity contribution < 1.29 is 23.8 Å². The maximum absolute atomic E-state index is 13.5. The van der Waals surface area contributed by atoms with Gasteiger partial charge >= 0.3 is 5.97 Å². The fourth-order valence-corrected chi connectivity index (χ4v) is 5.25. The van der Waals surface area contributed by atoms with E-state index < -0.39 is 11.9 Å². The minimum Gasteiger partial charge on any atom is -0.496 e. The molecule has 0 radical (unpaired) electrons. The number of halogens is 1. The Kier molecular flexibility index (Phi) is 7.46. The summed E-state index contributed by atoms with van der Waals surface area (Å²) in [4.78, 5) is 26.6. The largest absolute Gasteiger partial charge is 0.496 e. The van der Waals surface area contributed by atoms with Gasteiger partial charge in [0.05, 0.1) is 24.3 Å². The van der Waals surface area contributed by atoms with E-state index in [2.05, 4.69) is 19.2 Å². The smallest absolute Gasteiger partial charge is 0.336 e. The summed E-state index contributed by atoms with van der Waals surface area (Å²) in [6.45, 7) is 8.26. The summed E-state index contributed by atoms with van der Waals surface area (Å²) in [5.74, 6) is 0.266. The second-order valence-corrected chi connectivity index (χ2v) is 10.3. The van der Waals surface area contributed by atoms with Crippen LogP contribution in [-0.2, 0) is 20.9 Å². The van der Waals surface area contributed by atoms with Crippen molar-refractivity contribution >= 4 is 23.4 Å². The lowest BCUT2D eigenvalue weighted by molar-refractivity contribution is -0.138. The van der Waals surface area contributed by atoms with Gasteiger partial charge in [0.1, 0.15) is 18.1 Å². The lowest BCUT2D eigenvalue weighted by Crippen LogP contribution is -2.38. The van der Waals surface area contributed by atoms with E-state index in [0.29, 0.717) is 39.8 Å². The predicted molar refractivity (Wildman–Crippen MR) is 139 cm³/mol. The Labute approximate surface area is 217 Å². The summed E-state index contributed by atoms with van der Waals surface area (Å²) < 4.78 is 17.0. The van der Waals surface area contributed by atoms with E-state index in [4.69, 9.17) is 25.8 Å². The third-order valence-corrected chi connectivity index (χ3v) is 6.90. The number of rotatable bonds is 7. The number of ketones is 1. The van der Waals surface area contributed by atoms with E-state index in [1.165, 1.54) is 0 Å². The molecule has 36 heavy (non-hydrogen) atoms. The summed E-state index contributed by atoms with van der Waals surface area (Å²) in [6.07, 6.45) is 1.13. The van der Waals surface area contributed by atoms with Gasteiger partial charge in [0.15, 0.2) is 5.78 Å². The van der Waals surface area contributed by atoms with Crippen LogP contribution in [0.5, 0.6) is 11.5 Å². The number of dihydropyridines is 1. The molecule has 4 rings (SSSR count). The predicted octanol–water partition coefficient (Wildman–Crippen LogP) is 6.09. The lowest BCUT2D eigenvalue weighted by atomic mass is 9.68. The molecule has 1 heterocycles. The molecule has 1 aliphatic heterocycles. The van der Waals surface area contributed by atoms with Crippen LogP contribution in [0.3, 0.4) is 0 Å². The van der Waals surface area contributed by atoms with Crippen molar-refractivity contribution in [3.8, 4) is 11.5 Å². The molecule has 1 atom stereocenters. The van der Waals surface area contributed by atoms with E-state index in [0.717, 1.165) is 23.2 Å². The van der Waals surface area contributed by atoms with Crippen LogP contribution >= 0.6 is 11.6 Å². The Morgan fingerprint density at radius 3 is 2.58 bits per heavy atom. The minimum absolute atomic E-state index is 0.0396. The second kappa shape index (κ2) is 10.4. The van der Waals surface area contributed by atoms with Gasteiger partial charge in [-0.25, -0.2) is 4.79 Å². The summed E-state index contributed by atoms with van der Waals surface area (Å²) >= 11 is 6.27. The van der Waals surface area contributed by atoms with Gasteiger partial charge < -0.3 is 19.5 Å². The highest BCUT2D eigenvalue weighted by Gasteiger charge is 2.43.